The van der Waals surface area contributed by atoms with E-state index in [0.717, 1.165) is 41.0 Å². The minimum atomic E-state index is -0.211. The van der Waals surface area contributed by atoms with Crippen LogP contribution in [0.4, 0.5) is 0 Å². The van der Waals surface area contributed by atoms with Gasteiger partial charge in [-0.05, 0) is 67.8 Å². The number of pyridine rings is 1. The summed E-state index contributed by atoms with van der Waals surface area (Å²) >= 11 is 0. The maximum atomic E-state index is 13.2. The molecule has 2 aromatic carbocycles. The number of imidazole rings is 1. The lowest BCUT2D eigenvalue weighted by Crippen LogP contribution is -2.26. The SMILES string of the molecule is COc1ccc([C@H](C)NC(=O)c2ccc3c(c2)nc(-c2ccccn2)n3C2CCCCC2)cc1OC. The first-order valence-electron chi connectivity index (χ1n) is 12.5. The number of nitrogens with zero attached hydrogens (tertiary/aromatic N) is 3. The molecule has 4 aromatic rings. The van der Waals surface area contributed by atoms with E-state index < -0.39 is 0 Å². The van der Waals surface area contributed by atoms with Crippen molar-refractivity contribution < 1.29 is 14.3 Å². The fraction of sp³-hybridized carbons (Fsp3) is 0.345. The molecular formula is C29H32N4O3. The van der Waals surface area contributed by atoms with Gasteiger partial charge in [0.15, 0.2) is 17.3 Å². The lowest BCUT2D eigenvalue weighted by molar-refractivity contribution is 0.0940. The zero-order valence-corrected chi connectivity index (χ0v) is 21.0. The van der Waals surface area contributed by atoms with Gasteiger partial charge in [0.2, 0.25) is 0 Å². The van der Waals surface area contributed by atoms with Gasteiger partial charge in [0.25, 0.3) is 5.91 Å². The topological polar surface area (TPSA) is 78.3 Å². The van der Waals surface area contributed by atoms with Gasteiger partial charge in [-0.2, -0.15) is 0 Å². The van der Waals surface area contributed by atoms with Crippen LogP contribution in [0.2, 0.25) is 0 Å². The Morgan fingerprint density at radius 3 is 2.53 bits per heavy atom. The average molecular weight is 485 g/mol. The maximum Gasteiger partial charge on any atom is 0.251 e. The third-order valence-corrected chi connectivity index (χ3v) is 7.04. The number of fused-ring (bicyclic) bond motifs is 1. The van der Waals surface area contributed by atoms with E-state index in [4.69, 9.17) is 14.5 Å². The van der Waals surface area contributed by atoms with Gasteiger partial charge in [-0.15, -0.1) is 0 Å². The van der Waals surface area contributed by atoms with Gasteiger partial charge < -0.3 is 19.4 Å². The van der Waals surface area contributed by atoms with Gasteiger partial charge in [-0.1, -0.05) is 31.4 Å². The number of hydrogen-bond acceptors (Lipinski definition) is 5. The molecule has 1 saturated carbocycles. The van der Waals surface area contributed by atoms with Crippen molar-refractivity contribution in [2.45, 2.75) is 51.1 Å². The Hall–Kier alpha value is -3.87. The van der Waals surface area contributed by atoms with Crippen molar-refractivity contribution in [3.63, 3.8) is 0 Å². The van der Waals surface area contributed by atoms with Crippen molar-refractivity contribution in [2.75, 3.05) is 14.2 Å². The normalized spacial score (nSPS) is 15.0. The number of carbonyl (C=O) groups excluding carboxylic acids is 1. The molecule has 2 aromatic heterocycles. The molecule has 5 rings (SSSR count). The predicted octanol–water partition coefficient (Wildman–Crippen LogP) is 6.11. The Morgan fingerprint density at radius 1 is 1.00 bits per heavy atom. The molecule has 7 heteroatoms. The zero-order chi connectivity index (χ0) is 25.1. The van der Waals surface area contributed by atoms with Crippen LogP contribution in [0.5, 0.6) is 11.5 Å². The van der Waals surface area contributed by atoms with Crippen molar-refractivity contribution in [2.24, 2.45) is 0 Å². The molecule has 1 aliphatic carbocycles. The average Bonchev–Trinajstić information content (AvgIpc) is 3.32. The first-order chi connectivity index (χ1) is 17.6. The van der Waals surface area contributed by atoms with Crippen LogP contribution in [-0.4, -0.2) is 34.7 Å². The number of benzene rings is 2. The summed E-state index contributed by atoms with van der Waals surface area (Å²) in [5, 5.41) is 3.10. The molecule has 1 fully saturated rings. The molecule has 7 nitrogen and oxygen atoms in total. The van der Waals surface area contributed by atoms with Crippen LogP contribution in [0.3, 0.4) is 0 Å². The smallest absolute Gasteiger partial charge is 0.251 e. The number of carbonyl (C=O) groups is 1. The number of aromatic nitrogens is 3. The second-order valence-corrected chi connectivity index (χ2v) is 9.33. The number of nitrogens with one attached hydrogen (secondary N) is 1. The molecule has 0 unspecified atom stereocenters. The summed E-state index contributed by atoms with van der Waals surface area (Å²) in [5.74, 6) is 2.01. The van der Waals surface area contributed by atoms with Gasteiger partial charge in [0.05, 0.1) is 31.3 Å². The molecular weight excluding hydrogens is 452 g/mol. The van der Waals surface area contributed by atoms with Crippen LogP contribution in [-0.2, 0) is 0 Å². The standard InChI is InChI=1S/C29H32N4O3/c1-19(20-13-15-26(35-2)27(18-20)36-3)31-29(34)21-12-14-25-24(17-21)32-28(23-11-7-8-16-30-23)33(25)22-9-5-4-6-10-22/h7-8,11-19,22H,4-6,9-10H2,1-3H3,(H,31,34)/t19-/m0/s1. The summed E-state index contributed by atoms with van der Waals surface area (Å²) in [6, 6.07) is 17.6. The van der Waals surface area contributed by atoms with Crippen molar-refractivity contribution in [1.29, 1.82) is 0 Å². The third kappa shape index (κ3) is 4.65. The summed E-state index contributed by atoms with van der Waals surface area (Å²) in [4.78, 5) is 22.7. The number of amides is 1. The third-order valence-electron chi connectivity index (χ3n) is 7.04. The monoisotopic (exact) mass is 484 g/mol. The summed E-state index contributed by atoms with van der Waals surface area (Å²) in [6.07, 6.45) is 7.80. The highest BCUT2D eigenvalue weighted by Gasteiger charge is 2.24. The summed E-state index contributed by atoms with van der Waals surface area (Å²) < 4.78 is 13.1. The highest BCUT2D eigenvalue weighted by molar-refractivity contribution is 5.98. The quantitative estimate of drug-likeness (QED) is 0.342. The van der Waals surface area contributed by atoms with E-state index in [9.17, 15) is 4.79 Å². The number of rotatable bonds is 7. The molecule has 0 saturated heterocycles. The largest absolute Gasteiger partial charge is 0.493 e. The second kappa shape index (κ2) is 10.4. The van der Waals surface area contributed by atoms with Gasteiger partial charge in [0.1, 0.15) is 5.69 Å². The lowest BCUT2D eigenvalue weighted by atomic mass is 9.95. The summed E-state index contributed by atoms with van der Waals surface area (Å²) in [7, 11) is 3.21. The van der Waals surface area contributed by atoms with Crippen LogP contribution in [0.25, 0.3) is 22.6 Å². The van der Waals surface area contributed by atoms with Crippen LogP contribution in [0, 0.1) is 0 Å². The second-order valence-electron chi connectivity index (χ2n) is 9.33. The molecule has 0 bridgehead atoms. The zero-order valence-electron chi connectivity index (χ0n) is 21.0. The lowest BCUT2D eigenvalue weighted by Gasteiger charge is -2.25. The molecule has 0 aliphatic heterocycles. The number of ether oxygens (including phenoxy) is 2. The van der Waals surface area contributed by atoms with Crippen LogP contribution in [0.1, 0.15) is 67.0 Å². The fourth-order valence-corrected chi connectivity index (χ4v) is 5.11. The van der Waals surface area contributed by atoms with Crippen molar-refractivity contribution in [3.05, 3.63) is 71.9 Å². The molecule has 1 aliphatic rings. The minimum Gasteiger partial charge on any atom is -0.493 e. The summed E-state index contributed by atoms with van der Waals surface area (Å²) in [6.45, 7) is 1.95. The Bertz CT molecular complexity index is 1360. The molecule has 1 amide bonds. The van der Waals surface area contributed by atoms with Crippen molar-refractivity contribution in [1.82, 2.24) is 19.9 Å². The van der Waals surface area contributed by atoms with Crippen molar-refractivity contribution >= 4 is 16.9 Å². The van der Waals surface area contributed by atoms with Crippen molar-refractivity contribution in [3.8, 4) is 23.0 Å². The van der Waals surface area contributed by atoms with E-state index in [-0.39, 0.29) is 11.9 Å². The molecule has 1 atom stereocenters. The Balaban J connectivity index is 1.45. The van der Waals surface area contributed by atoms with Crippen LogP contribution < -0.4 is 14.8 Å². The number of methoxy groups -OCH3 is 2. The van der Waals surface area contributed by atoms with E-state index in [1.54, 1.807) is 20.4 Å². The molecule has 36 heavy (non-hydrogen) atoms. The van der Waals surface area contributed by atoms with E-state index >= 15 is 0 Å². The molecule has 186 valence electrons. The van der Waals surface area contributed by atoms with E-state index in [2.05, 4.69) is 14.9 Å². The maximum absolute atomic E-state index is 13.2. The Labute approximate surface area is 211 Å². The van der Waals surface area contributed by atoms with Crippen LogP contribution >= 0.6 is 0 Å². The van der Waals surface area contributed by atoms with E-state index in [1.807, 2.05) is 61.5 Å². The molecule has 0 radical (unpaired) electrons. The highest BCUT2D eigenvalue weighted by Crippen LogP contribution is 2.36. The fourth-order valence-electron chi connectivity index (χ4n) is 5.11. The van der Waals surface area contributed by atoms with Gasteiger partial charge >= 0.3 is 0 Å². The first kappa shape index (κ1) is 23.9. The van der Waals surface area contributed by atoms with Gasteiger partial charge in [0, 0.05) is 17.8 Å². The first-order valence-corrected chi connectivity index (χ1v) is 12.5. The van der Waals surface area contributed by atoms with Crippen LogP contribution in [0.15, 0.2) is 60.8 Å². The van der Waals surface area contributed by atoms with E-state index in [0.29, 0.717) is 23.1 Å². The van der Waals surface area contributed by atoms with E-state index in [1.165, 1.54) is 19.3 Å². The Morgan fingerprint density at radius 2 is 1.81 bits per heavy atom. The highest BCUT2D eigenvalue weighted by atomic mass is 16.5. The molecule has 0 spiro atoms. The predicted molar refractivity (Wildman–Crippen MR) is 141 cm³/mol. The van der Waals surface area contributed by atoms with Gasteiger partial charge in [-0.3, -0.25) is 9.78 Å². The molecule has 1 N–H and O–H groups in total. The minimum absolute atomic E-state index is 0.147. The Kier molecular flexibility index (Phi) is 6.89. The number of hydrogen-bond donors (Lipinski definition) is 1. The van der Waals surface area contributed by atoms with Gasteiger partial charge in [-0.25, -0.2) is 4.98 Å². The molecule has 2 heterocycles. The summed E-state index contributed by atoms with van der Waals surface area (Å²) in [5.41, 5.74) is 4.23.